The third kappa shape index (κ3) is 2.15. The van der Waals surface area contributed by atoms with Gasteiger partial charge in [-0.1, -0.05) is 25.7 Å². The van der Waals surface area contributed by atoms with Crippen LogP contribution in [0.4, 0.5) is 0 Å². The minimum atomic E-state index is -2.60. The predicted octanol–water partition coefficient (Wildman–Crippen LogP) is 0.430. The van der Waals surface area contributed by atoms with Crippen molar-refractivity contribution in [1.29, 1.82) is 0 Å². The van der Waals surface area contributed by atoms with Crippen LogP contribution in [0.25, 0.3) is 0 Å². The monoisotopic (exact) mass is 526 g/mol. The Kier molecular flexibility index (Phi) is 4.20. The summed E-state index contributed by atoms with van der Waals surface area (Å²) in [4.78, 5) is 54.4. The third-order valence-corrected chi connectivity index (χ3v) is 11.4. The van der Waals surface area contributed by atoms with Gasteiger partial charge in [0.15, 0.2) is 28.4 Å². The fourth-order valence-corrected chi connectivity index (χ4v) is 9.35. The topological polar surface area (TPSA) is 157 Å². The second-order valence-corrected chi connectivity index (χ2v) is 12.7. The number of aliphatic hydroxyl groups excluding tert-OH is 1. The first-order valence-corrected chi connectivity index (χ1v) is 13.1. The molecule has 0 aromatic carbocycles. The maximum atomic E-state index is 14.6. The van der Waals surface area contributed by atoms with Crippen molar-refractivity contribution in [2.75, 3.05) is 0 Å². The molecule has 10 heteroatoms. The van der Waals surface area contributed by atoms with Crippen LogP contribution in [-0.4, -0.2) is 73.6 Å². The van der Waals surface area contributed by atoms with Gasteiger partial charge in [0.05, 0.1) is 17.4 Å². The van der Waals surface area contributed by atoms with E-state index in [4.69, 9.17) is 14.2 Å². The van der Waals surface area contributed by atoms with Crippen LogP contribution in [0.2, 0.25) is 0 Å². The number of carbonyl (C=O) groups excluding carboxylic acids is 4. The predicted molar refractivity (Wildman–Crippen MR) is 126 cm³/mol. The number of ether oxygens (including phenoxy) is 3. The summed E-state index contributed by atoms with van der Waals surface area (Å²) in [5.74, 6) is -8.73. The van der Waals surface area contributed by atoms with Gasteiger partial charge in [0.2, 0.25) is 5.79 Å². The fraction of sp³-hybridized carbons (Fsp3) is 0.643. The Morgan fingerprint density at radius 1 is 1.08 bits per heavy atom. The number of rotatable bonds is 0. The first-order valence-electron chi connectivity index (χ1n) is 13.1. The molecule has 10 nitrogen and oxygen atoms in total. The van der Waals surface area contributed by atoms with E-state index >= 15 is 0 Å². The number of aliphatic hydroxyl groups is 3. The molecule has 0 aromatic heterocycles. The second kappa shape index (κ2) is 6.55. The van der Waals surface area contributed by atoms with Crippen LogP contribution in [0.1, 0.15) is 46.5 Å². The highest BCUT2D eigenvalue weighted by Gasteiger charge is 2.91. The SMILES string of the molecule is C=C1C(=O)O[C@@H]2C[C@@]1(C)[C@@H]1C(=O)[C@]3(O)O[C@]14[C@@]2(C)OC(=O)[C@@]4(O)CC[C@H]1[C@H]3CC(O)C2=CC=CC(=O)[C@@]21C. The highest BCUT2D eigenvalue weighted by Crippen LogP contribution is 2.73. The van der Waals surface area contributed by atoms with Crippen LogP contribution in [0, 0.1) is 28.6 Å². The van der Waals surface area contributed by atoms with Crippen LogP contribution in [-0.2, 0) is 33.4 Å². The number of fused-ring (bicyclic) bond motifs is 9. The minimum Gasteiger partial charge on any atom is -0.455 e. The molecule has 2 saturated carbocycles. The van der Waals surface area contributed by atoms with Crippen molar-refractivity contribution in [1.82, 2.24) is 0 Å². The summed E-state index contributed by atoms with van der Waals surface area (Å²) in [5.41, 5.74) is -8.49. The molecule has 4 aliphatic heterocycles. The molecule has 0 aromatic rings. The summed E-state index contributed by atoms with van der Waals surface area (Å²) >= 11 is 0. The smallest absolute Gasteiger partial charge is 0.342 e. The van der Waals surface area contributed by atoms with Crippen molar-refractivity contribution in [3.8, 4) is 0 Å². The molecular weight excluding hydrogens is 496 g/mol. The lowest BCUT2D eigenvalue weighted by Gasteiger charge is -2.60. The quantitative estimate of drug-likeness (QED) is 0.299. The average Bonchev–Trinajstić information content (AvgIpc) is 3.20. The Balaban J connectivity index is 1.51. The molecule has 202 valence electrons. The maximum Gasteiger partial charge on any atom is 0.342 e. The van der Waals surface area contributed by atoms with Gasteiger partial charge in [0, 0.05) is 16.9 Å². The van der Waals surface area contributed by atoms with E-state index in [9.17, 15) is 34.5 Å². The van der Waals surface area contributed by atoms with E-state index < -0.39 is 81.1 Å². The first kappa shape index (κ1) is 24.4. The lowest BCUT2D eigenvalue weighted by Crippen LogP contribution is -2.77. The number of esters is 2. The molecule has 7 rings (SSSR count). The van der Waals surface area contributed by atoms with Gasteiger partial charge in [-0.25, -0.2) is 9.59 Å². The highest BCUT2D eigenvalue weighted by atomic mass is 16.7. The molecule has 6 fully saturated rings. The van der Waals surface area contributed by atoms with Crippen LogP contribution in [0.3, 0.4) is 0 Å². The number of allylic oxidation sites excluding steroid dienone is 3. The van der Waals surface area contributed by atoms with E-state index in [-0.39, 0.29) is 37.0 Å². The standard InChI is InChI=1S/C28H30O10/c1-12-21(32)36-18-11-23(12,2)19-20(31)27(35)15-10-16(29)14-6-5-7-17(30)24(14,3)13(15)8-9-26(34)22(33)37-25(18,4)28(19,26)38-27/h5-7,13,15-16,18-19,29,34-35H,1,8-11H2,2-4H3/t13-,15+,16?,18+,19-,23+,24+,25-,26-,27+,28-/m0/s1. The third-order valence-electron chi connectivity index (χ3n) is 11.4. The molecule has 7 aliphatic rings. The van der Waals surface area contributed by atoms with E-state index in [0.717, 1.165) is 0 Å². The maximum absolute atomic E-state index is 14.6. The highest BCUT2D eigenvalue weighted by molar-refractivity contribution is 6.02. The molecule has 0 amide bonds. The summed E-state index contributed by atoms with van der Waals surface area (Å²) in [6.07, 6.45) is 2.19. The molecule has 1 unspecified atom stereocenters. The van der Waals surface area contributed by atoms with Gasteiger partial charge < -0.3 is 29.5 Å². The molecule has 1 spiro atoms. The molecule has 3 N–H and O–H groups in total. The molecular formula is C28H30O10. The van der Waals surface area contributed by atoms with Crippen LogP contribution in [0.15, 0.2) is 36.0 Å². The Labute approximate surface area is 218 Å². The van der Waals surface area contributed by atoms with Gasteiger partial charge in [0.1, 0.15) is 6.10 Å². The lowest BCUT2D eigenvalue weighted by atomic mass is 9.47. The van der Waals surface area contributed by atoms with Gasteiger partial charge in [0.25, 0.3) is 0 Å². The van der Waals surface area contributed by atoms with Crippen molar-refractivity contribution in [3.05, 3.63) is 36.0 Å². The molecule has 3 aliphatic carbocycles. The normalized spacial score (nSPS) is 56.2. The van der Waals surface area contributed by atoms with Gasteiger partial charge >= 0.3 is 11.9 Å². The number of hydrogen-bond acceptors (Lipinski definition) is 10. The summed E-state index contributed by atoms with van der Waals surface area (Å²) < 4.78 is 17.9. The van der Waals surface area contributed by atoms with Crippen molar-refractivity contribution < 1.29 is 48.7 Å². The van der Waals surface area contributed by atoms with Crippen molar-refractivity contribution >= 4 is 23.5 Å². The Bertz CT molecular complexity index is 1350. The van der Waals surface area contributed by atoms with Crippen molar-refractivity contribution in [3.63, 3.8) is 0 Å². The Morgan fingerprint density at radius 3 is 2.50 bits per heavy atom. The zero-order chi connectivity index (χ0) is 27.4. The minimum absolute atomic E-state index is 0.0210. The molecule has 11 atom stereocenters. The molecule has 4 saturated heterocycles. The van der Waals surface area contributed by atoms with E-state index in [2.05, 4.69) is 6.58 Å². The van der Waals surface area contributed by atoms with E-state index in [0.29, 0.717) is 5.57 Å². The largest absolute Gasteiger partial charge is 0.455 e. The van der Waals surface area contributed by atoms with Crippen molar-refractivity contribution in [2.45, 2.75) is 81.3 Å². The zero-order valence-electron chi connectivity index (χ0n) is 21.4. The number of ketones is 2. The van der Waals surface area contributed by atoms with Gasteiger partial charge in [-0.3, -0.25) is 9.59 Å². The number of Topliss-reactive ketones (excluding diaryl/α,β-unsaturated/α-hetero) is 1. The van der Waals surface area contributed by atoms with E-state index in [1.165, 1.54) is 13.0 Å². The van der Waals surface area contributed by atoms with Crippen LogP contribution < -0.4 is 0 Å². The van der Waals surface area contributed by atoms with Crippen LogP contribution in [0.5, 0.6) is 0 Å². The number of carbonyl (C=O) groups is 4. The number of hydrogen-bond donors (Lipinski definition) is 3. The fourth-order valence-electron chi connectivity index (χ4n) is 9.35. The molecule has 4 bridgehead atoms. The van der Waals surface area contributed by atoms with E-state index in [1.807, 2.05) is 0 Å². The molecule has 0 radical (unpaired) electrons. The Morgan fingerprint density at radius 2 is 1.79 bits per heavy atom. The van der Waals surface area contributed by atoms with E-state index in [1.54, 1.807) is 26.0 Å². The Hall–Kier alpha value is -2.66. The summed E-state index contributed by atoms with van der Waals surface area (Å²) in [6, 6.07) is 0. The van der Waals surface area contributed by atoms with Crippen molar-refractivity contribution in [2.24, 2.45) is 28.6 Å². The summed E-state index contributed by atoms with van der Waals surface area (Å²) in [5, 5.41) is 35.8. The summed E-state index contributed by atoms with van der Waals surface area (Å²) in [7, 11) is 0. The molecule has 4 heterocycles. The van der Waals surface area contributed by atoms with Gasteiger partial charge in [-0.15, -0.1) is 0 Å². The molecule has 38 heavy (non-hydrogen) atoms. The summed E-state index contributed by atoms with van der Waals surface area (Å²) in [6.45, 7) is 8.65. The zero-order valence-corrected chi connectivity index (χ0v) is 21.4. The lowest BCUT2D eigenvalue weighted by molar-refractivity contribution is -0.342. The van der Waals surface area contributed by atoms with Gasteiger partial charge in [-0.05, 0) is 57.1 Å². The second-order valence-electron chi connectivity index (χ2n) is 12.7. The average molecular weight is 527 g/mol. The van der Waals surface area contributed by atoms with Crippen LogP contribution >= 0.6 is 0 Å². The first-order chi connectivity index (χ1) is 17.6. The van der Waals surface area contributed by atoms with Gasteiger partial charge in [-0.2, -0.15) is 0 Å².